The summed E-state index contributed by atoms with van der Waals surface area (Å²) in [6.45, 7) is 0.0401. The van der Waals surface area contributed by atoms with Gasteiger partial charge in [-0.3, -0.25) is 4.18 Å². The molecule has 0 rings (SSSR count). The Morgan fingerprint density at radius 3 is 2.50 bits per heavy atom. The molecule has 0 aliphatic carbocycles. The predicted molar refractivity (Wildman–Crippen MR) is 28.0 cm³/mol. The van der Waals surface area contributed by atoms with Crippen LogP contribution in [0.5, 0.6) is 0 Å². The molecule has 0 aromatic carbocycles. The van der Waals surface area contributed by atoms with Gasteiger partial charge in [0, 0.05) is 6.61 Å². The first-order chi connectivity index (χ1) is 3.77. The number of hydrogen-bond acceptors (Lipinski definition) is 4. The van der Waals surface area contributed by atoms with Crippen LogP contribution in [0.25, 0.3) is 0 Å². The van der Waals surface area contributed by atoms with Gasteiger partial charge in [0.2, 0.25) is 0 Å². The van der Waals surface area contributed by atoms with E-state index in [0.717, 1.165) is 0 Å². The lowest BCUT2D eigenvalue weighted by Gasteiger charge is -1.88. The summed E-state index contributed by atoms with van der Waals surface area (Å²) in [5, 5.41) is 8.10. The molecule has 0 atom stereocenters. The highest BCUT2D eigenvalue weighted by Gasteiger charge is 1.84. The summed E-state index contributed by atoms with van der Waals surface area (Å²) in [6.07, 6.45) is 0.364. The number of hydrogen-bond donors (Lipinski definition) is 2. The van der Waals surface area contributed by atoms with E-state index in [-0.39, 0.29) is 13.2 Å². The van der Waals surface area contributed by atoms with Crippen LogP contribution in [0, 0.1) is 0 Å². The highest BCUT2D eigenvalue weighted by Crippen LogP contribution is 1.78. The lowest BCUT2D eigenvalue weighted by molar-refractivity contribution is 0.241. The van der Waals surface area contributed by atoms with Crippen molar-refractivity contribution in [2.24, 2.45) is 0 Å². The van der Waals surface area contributed by atoms with E-state index in [0.29, 0.717) is 6.42 Å². The van der Waals surface area contributed by atoms with Crippen molar-refractivity contribution in [1.29, 1.82) is 0 Å². The summed E-state index contributed by atoms with van der Waals surface area (Å²) in [6, 6.07) is 0. The van der Waals surface area contributed by atoms with Gasteiger partial charge in [0.1, 0.15) is 0 Å². The van der Waals surface area contributed by atoms with Gasteiger partial charge in [-0.1, -0.05) is 0 Å². The third-order valence-corrected chi connectivity index (χ3v) is 0.893. The Morgan fingerprint density at radius 1 is 1.50 bits per heavy atom. The van der Waals surface area contributed by atoms with Crippen molar-refractivity contribution >= 4 is 11.0 Å². The first kappa shape index (κ1) is 7.87. The van der Waals surface area contributed by atoms with Gasteiger partial charge in [-0.2, -0.15) is 0 Å². The quantitative estimate of drug-likeness (QED) is 0.385. The zero-order chi connectivity index (χ0) is 6.41. The van der Waals surface area contributed by atoms with Crippen LogP contribution in [0.3, 0.4) is 0 Å². The summed E-state index contributed by atoms with van der Waals surface area (Å²) in [4.78, 5) is 0. The molecule has 0 aliphatic heterocycles. The fraction of sp³-hybridized carbons (Fsp3) is 1.00. The second-order valence-electron chi connectivity index (χ2n) is 1.13. The van der Waals surface area contributed by atoms with Gasteiger partial charge in [-0.05, 0) is 6.42 Å². The number of aliphatic hydroxyl groups is 1. The normalized spacial score (nSPS) is 10.2. The molecule has 4 nitrogen and oxygen atoms in total. The van der Waals surface area contributed by atoms with Crippen LogP contribution < -0.4 is 0 Å². The van der Waals surface area contributed by atoms with E-state index in [9.17, 15) is 8.42 Å². The van der Waals surface area contributed by atoms with Gasteiger partial charge in [0.15, 0.2) is 0 Å². The average Bonchev–Trinajstić information content (AvgIpc) is 1.66. The molecule has 0 heterocycles. The van der Waals surface area contributed by atoms with Gasteiger partial charge < -0.3 is 5.11 Å². The Balaban J connectivity index is 2.94. The van der Waals surface area contributed by atoms with E-state index in [1.807, 2.05) is 0 Å². The van der Waals surface area contributed by atoms with Gasteiger partial charge >= 0.3 is 0 Å². The van der Waals surface area contributed by atoms with E-state index in [1.54, 1.807) is 0 Å². The van der Waals surface area contributed by atoms with Crippen molar-refractivity contribution in [2.45, 2.75) is 6.42 Å². The van der Waals surface area contributed by atoms with Gasteiger partial charge in [0.05, 0.1) is 6.61 Å². The standard InChI is InChI=1S/C3H8O4S/c4-2-1-3-7-8(5)6/h4,8H,1-3H2. The molecule has 8 heavy (non-hydrogen) atoms. The van der Waals surface area contributed by atoms with Crippen molar-refractivity contribution in [3.8, 4) is 0 Å². The van der Waals surface area contributed by atoms with Crippen molar-refractivity contribution in [3.05, 3.63) is 0 Å². The minimum Gasteiger partial charge on any atom is -0.396 e. The Bertz CT molecular complexity index is 99.9. The highest BCUT2D eigenvalue weighted by molar-refractivity contribution is 7.67. The first-order valence-corrected chi connectivity index (χ1v) is 3.25. The van der Waals surface area contributed by atoms with Crippen LogP contribution in [0.2, 0.25) is 0 Å². The molecular formula is C3H8O4S. The lowest BCUT2D eigenvalue weighted by Crippen LogP contribution is -1.94. The predicted octanol–water partition coefficient (Wildman–Crippen LogP) is -1.09. The summed E-state index contributed by atoms with van der Waals surface area (Å²) < 4.78 is 23.3. The summed E-state index contributed by atoms with van der Waals surface area (Å²) >= 11 is 0. The molecule has 50 valence electrons. The van der Waals surface area contributed by atoms with E-state index in [2.05, 4.69) is 4.18 Å². The van der Waals surface area contributed by atoms with E-state index in [1.165, 1.54) is 0 Å². The molecule has 0 bridgehead atoms. The monoisotopic (exact) mass is 140 g/mol. The van der Waals surface area contributed by atoms with Gasteiger partial charge in [-0.25, -0.2) is 8.42 Å². The van der Waals surface area contributed by atoms with Crippen molar-refractivity contribution in [3.63, 3.8) is 0 Å². The molecule has 5 heteroatoms. The molecule has 0 saturated heterocycles. The number of rotatable bonds is 4. The topological polar surface area (TPSA) is 63.6 Å². The average molecular weight is 140 g/mol. The maximum Gasteiger partial charge on any atom is 0.257 e. The molecule has 0 saturated carbocycles. The number of thiol groups is 1. The summed E-state index contributed by atoms with van der Waals surface area (Å²) in [7, 11) is -2.72. The Labute approximate surface area is 49.2 Å². The highest BCUT2D eigenvalue weighted by atomic mass is 32.2. The Kier molecular flexibility index (Phi) is 4.93. The van der Waals surface area contributed by atoms with Crippen LogP contribution in [-0.4, -0.2) is 26.7 Å². The fourth-order valence-electron chi connectivity index (χ4n) is 0.204. The van der Waals surface area contributed by atoms with Crippen molar-refractivity contribution in [2.75, 3.05) is 13.2 Å². The third kappa shape index (κ3) is 5.87. The Hall–Kier alpha value is -0.130. The summed E-state index contributed by atoms with van der Waals surface area (Å²) in [5.74, 6) is 0. The van der Waals surface area contributed by atoms with Gasteiger partial charge in [-0.15, -0.1) is 0 Å². The molecule has 1 N–H and O–H groups in total. The van der Waals surface area contributed by atoms with Crippen LogP contribution in [-0.2, 0) is 15.2 Å². The van der Waals surface area contributed by atoms with Crippen LogP contribution >= 0.6 is 0 Å². The molecular weight excluding hydrogens is 132 g/mol. The first-order valence-electron chi connectivity index (χ1n) is 2.15. The molecule has 0 aliphatic rings. The van der Waals surface area contributed by atoms with Crippen LogP contribution in [0.4, 0.5) is 0 Å². The fourth-order valence-corrected chi connectivity index (χ4v) is 0.482. The SMILES string of the molecule is O=[SH](=O)OCCCO. The molecule has 0 aromatic heterocycles. The minimum atomic E-state index is -2.72. The number of aliphatic hydroxyl groups excluding tert-OH is 1. The second-order valence-corrected chi connectivity index (χ2v) is 1.84. The molecule has 0 amide bonds. The second kappa shape index (κ2) is 5.02. The minimum absolute atomic E-state index is 0.0385. The molecule has 0 unspecified atom stereocenters. The lowest BCUT2D eigenvalue weighted by atomic mass is 10.5. The van der Waals surface area contributed by atoms with E-state index < -0.39 is 11.0 Å². The molecule has 0 spiro atoms. The Morgan fingerprint density at radius 2 is 2.12 bits per heavy atom. The van der Waals surface area contributed by atoms with E-state index >= 15 is 0 Å². The molecule has 0 radical (unpaired) electrons. The molecule has 0 fully saturated rings. The largest absolute Gasteiger partial charge is 0.396 e. The van der Waals surface area contributed by atoms with Gasteiger partial charge in [0.25, 0.3) is 11.0 Å². The van der Waals surface area contributed by atoms with Crippen molar-refractivity contribution in [1.82, 2.24) is 0 Å². The summed E-state index contributed by atoms with van der Waals surface area (Å²) in [5.41, 5.74) is 0. The van der Waals surface area contributed by atoms with Crippen LogP contribution in [0.1, 0.15) is 6.42 Å². The van der Waals surface area contributed by atoms with Crippen molar-refractivity contribution < 1.29 is 17.7 Å². The zero-order valence-electron chi connectivity index (χ0n) is 4.24. The maximum atomic E-state index is 9.61. The third-order valence-electron chi connectivity index (χ3n) is 0.499. The zero-order valence-corrected chi connectivity index (χ0v) is 5.13. The van der Waals surface area contributed by atoms with E-state index in [4.69, 9.17) is 5.11 Å². The van der Waals surface area contributed by atoms with Crippen LogP contribution in [0.15, 0.2) is 0 Å². The smallest absolute Gasteiger partial charge is 0.257 e. The maximum absolute atomic E-state index is 9.61. The molecule has 0 aromatic rings.